The zero-order chi connectivity index (χ0) is 19.2. The average molecular weight is 367 g/mol. The highest BCUT2D eigenvalue weighted by Gasteiger charge is 2.09. The number of hydrogen-bond acceptors (Lipinski definition) is 3. The van der Waals surface area contributed by atoms with Gasteiger partial charge in [0.25, 0.3) is 0 Å². The summed E-state index contributed by atoms with van der Waals surface area (Å²) in [5.74, 6) is 0. The van der Waals surface area contributed by atoms with Gasteiger partial charge in [-0.05, 0) is 40.5 Å². The zero-order valence-corrected chi connectivity index (χ0v) is 15.9. The third kappa shape index (κ3) is 4.45. The first-order valence-electron chi connectivity index (χ1n) is 9.73. The molecule has 0 aliphatic carbocycles. The Balaban J connectivity index is 1.38. The van der Waals surface area contributed by atoms with Crippen LogP contribution in [0.3, 0.4) is 0 Å². The number of rotatable bonds is 7. The Morgan fingerprint density at radius 2 is 1.54 bits per heavy atom. The van der Waals surface area contributed by atoms with Gasteiger partial charge in [-0.2, -0.15) is 0 Å². The van der Waals surface area contributed by atoms with E-state index in [1.807, 2.05) is 24.4 Å². The standard InChI is InChI=1S/C25H25N3/c26-16-24(27-17-19-10-12-21-6-4-5-9-23(21)14-19)15-20-11-13-25(28-18-20)22-7-2-1-3-8-22/h1-14,18,24,27H,15-17,26H2. The molecule has 3 N–H and O–H groups in total. The number of pyridine rings is 1. The van der Waals surface area contributed by atoms with Crippen LogP contribution in [0.2, 0.25) is 0 Å². The van der Waals surface area contributed by atoms with Gasteiger partial charge in [-0.25, -0.2) is 0 Å². The van der Waals surface area contributed by atoms with Crippen molar-refractivity contribution >= 4 is 10.8 Å². The molecule has 28 heavy (non-hydrogen) atoms. The van der Waals surface area contributed by atoms with Crippen molar-refractivity contribution in [2.75, 3.05) is 6.54 Å². The fourth-order valence-corrected chi connectivity index (χ4v) is 3.46. The van der Waals surface area contributed by atoms with Crippen molar-refractivity contribution in [2.45, 2.75) is 19.0 Å². The van der Waals surface area contributed by atoms with Gasteiger partial charge in [0.05, 0.1) is 5.69 Å². The van der Waals surface area contributed by atoms with Gasteiger partial charge < -0.3 is 11.1 Å². The fourth-order valence-electron chi connectivity index (χ4n) is 3.46. The maximum atomic E-state index is 6.01. The fraction of sp³-hybridized carbons (Fsp3) is 0.160. The van der Waals surface area contributed by atoms with Crippen molar-refractivity contribution in [2.24, 2.45) is 5.73 Å². The molecule has 0 aliphatic rings. The molecule has 0 amide bonds. The highest BCUT2D eigenvalue weighted by atomic mass is 14.9. The first-order chi connectivity index (χ1) is 13.8. The smallest absolute Gasteiger partial charge is 0.0702 e. The highest BCUT2D eigenvalue weighted by molar-refractivity contribution is 5.82. The maximum absolute atomic E-state index is 6.01. The Hall–Kier alpha value is -3.01. The first kappa shape index (κ1) is 18.4. The largest absolute Gasteiger partial charge is 0.329 e. The summed E-state index contributed by atoms with van der Waals surface area (Å²) < 4.78 is 0. The number of fused-ring (bicyclic) bond motifs is 1. The molecule has 0 saturated heterocycles. The lowest BCUT2D eigenvalue weighted by Gasteiger charge is -2.17. The molecule has 3 heteroatoms. The van der Waals surface area contributed by atoms with Crippen LogP contribution >= 0.6 is 0 Å². The van der Waals surface area contributed by atoms with Gasteiger partial charge in [-0.1, -0.05) is 72.8 Å². The zero-order valence-electron chi connectivity index (χ0n) is 15.9. The Morgan fingerprint density at radius 3 is 2.29 bits per heavy atom. The predicted molar refractivity (Wildman–Crippen MR) is 117 cm³/mol. The summed E-state index contributed by atoms with van der Waals surface area (Å²) in [5, 5.41) is 6.13. The van der Waals surface area contributed by atoms with Crippen LogP contribution in [0.1, 0.15) is 11.1 Å². The van der Waals surface area contributed by atoms with E-state index in [9.17, 15) is 0 Å². The summed E-state index contributed by atoms with van der Waals surface area (Å²) in [7, 11) is 0. The summed E-state index contributed by atoms with van der Waals surface area (Å²) in [5.41, 5.74) is 10.6. The minimum atomic E-state index is 0.218. The Bertz CT molecular complexity index is 1030. The second-order valence-corrected chi connectivity index (χ2v) is 7.12. The van der Waals surface area contributed by atoms with Gasteiger partial charge >= 0.3 is 0 Å². The van der Waals surface area contributed by atoms with Gasteiger partial charge in [0.2, 0.25) is 0 Å². The molecule has 0 saturated carbocycles. The summed E-state index contributed by atoms with van der Waals surface area (Å²) in [6, 6.07) is 29.7. The van der Waals surface area contributed by atoms with E-state index in [0.29, 0.717) is 6.54 Å². The van der Waals surface area contributed by atoms with E-state index in [1.165, 1.54) is 21.9 Å². The van der Waals surface area contributed by atoms with Crippen molar-refractivity contribution in [1.82, 2.24) is 10.3 Å². The molecule has 1 atom stereocenters. The van der Waals surface area contributed by atoms with Crippen LogP contribution in [0.5, 0.6) is 0 Å². The number of nitrogens with one attached hydrogen (secondary N) is 1. The number of benzene rings is 3. The monoisotopic (exact) mass is 367 g/mol. The lowest BCUT2D eigenvalue weighted by atomic mass is 10.0. The molecule has 0 bridgehead atoms. The van der Waals surface area contributed by atoms with E-state index >= 15 is 0 Å². The second kappa shape index (κ2) is 8.79. The number of aromatic nitrogens is 1. The molecule has 140 valence electrons. The van der Waals surface area contributed by atoms with E-state index in [0.717, 1.165) is 24.2 Å². The second-order valence-electron chi connectivity index (χ2n) is 7.12. The predicted octanol–water partition coefficient (Wildman–Crippen LogP) is 4.56. The quantitative estimate of drug-likeness (QED) is 0.503. The summed E-state index contributed by atoms with van der Waals surface area (Å²) in [6.45, 7) is 1.40. The molecule has 4 aromatic rings. The van der Waals surface area contributed by atoms with Crippen LogP contribution in [0.15, 0.2) is 91.1 Å². The minimum Gasteiger partial charge on any atom is -0.329 e. The first-order valence-corrected chi connectivity index (χ1v) is 9.73. The molecule has 3 nitrogen and oxygen atoms in total. The lowest BCUT2D eigenvalue weighted by Crippen LogP contribution is -2.37. The summed E-state index contributed by atoms with van der Waals surface area (Å²) in [4.78, 5) is 4.62. The van der Waals surface area contributed by atoms with Crippen LogP contribution in [0.4, 0.5) is 0 Å². The third-order valence-corrected chi connectivity index (χ3v) is 5.07. The highest BCUT2D eigenvalue weighted by Crippen LogP contribution is 2.17. The molecular formula is C25H25N3. The Morgan fingerprint density at radius 1 is 0.786 bits per heavy atom. The van der Waals surface area contributed by atoms with Crippen molar-refractivity contribution in [3.8, 4) is 11.3 Å². The van der Waals surface area contributed by atoms with Gasteiger partial charge in [0, 0.05) is 30.9 Å². The van der Waals surface area contributed by atoms with Crippen LogP contribution in [0, 0.1) is 0 Å². The summed E-state index contributed by atoms with van der Waals surface area (Å²) >= 11 is 0. The molecule has 0 spiro atoms. The van der Waals surface area contributed by atoms with Crippen molar-refractivity contribution in [3.63, 3.8) is 0 Å². The van der Waals surface area contributed by atoms with E-state index in [4.69, 9.17) is 5.73 Å². The molecule has 4 rings (SSSR count). The van der Waals surface area contributed by atoms with E-state index in [2.05, 4.69) is 77.0 Å². The average Bonchev–Trinajstić information content (AvgIpc) is 2.77. The van der Waals surface area contributed by atoms with Crippen molar-refractivity contribution < 1.29 is 0 Å². The maximum Gasteiger partial charge on any atom is 0.0702 e. The molecule has 1 unspecified atom stereocenters. The molecule has 1 heterocycles. The van der Waals surface area contributed by atoms with Gasteiger partial charge in [-0.3, -0.25) is 4.98 Å². The van der Waals surface area contributed by atoms with E-state index in [1.54, 1.807) is 0 Å². The van der Waals surface area contributed by atoms with Crippen LogP contribution in [-0.4, -0.2) is 17.6 Å². The van der Waals surface area contributed by atoms with Crippen molar-refractivity contribution in [3.05, 3.63) is 102 Å². The summed E-state index contributed by atoms with van der Waals surface area (Å²) in [6.07, 6.45) is 2.83. The normalized spacial score (nSPS) is 12.2. The van der Waals surface area contributed by atoms with E-state index < -0.39 is 0 Å². The Labute approximate surface area is 166 Å². The molecule has 3 aromatic carbocycles. The lowest BCUT2D eigenvalue weighted by molar-refractivity contribution is 0.515. The molecule has 0 fully saturated rings. The molecule has 0 aliphatic heterocycles. The van der Waals surface area contributed by atoms with Gasteiger partial charge in [-0.15, -0.1) is 0 Å². The number of nitrogens with zero attached hydrogens (tertiary/aromatic N) is 1. The van der Waals surface area contributed by atoms with Crippen LogP contribution < -0.4 is 11.1 Å². The van der Waals surface area contributed by atoms with Gasteiger partial charge in [0.15, 0.2) is 0 Å². The Kier molecular flexibility index (Phi) is 5.76. The van der Waals surface area contributed by atoms with Gasteiger partial charge in [0.1, 0.15) is 0 Å². The topological polar surface area (TPSA) is 50.9 Å². The van der Waals surface area contributed by atoms with E-state index in [-0.39, 0.29) is 6.04 Å². The van der Waals surface area contributed by atoms with Crippen LogP contribution in [0.25, 0.3) is 22.0 Å². The molecule has 1 aromatic heterocycles. The SMILES string of the molecule is NCC(Cc1ccc(-c2ccccc2)nc1)NCc1ccc2ccccc2c1. The van der Waals surface area contributed by atoms with Crippen molar-refractivity contribution in [1.29, 1.82) is 0 Å². The number of hydrogen-bond donors (Lipinski definition) is 2. The molecular weight excluding hydrogens is 342 g/mol. The third-order valence-electron chi connectivity index (χ3n) is 5.07. The minimum absolute atomic E-state index is 0.218. The molecule has 0 radical (unpaired) electrons. The van der Waals surface area contributed by atoms with Crippen LogP contribution in [-0.2, 0) is 13.0 Å². The number of nitrogens with two attached hydrogens (primary N) is 1.